The maximum atomic E-state index is 13.5. The van der Waals surface area contributed by atoms with Crippen LogP contribution in [0.15, 0.2) is 0 Å². The largest absolute Gasteiger partial charge is 0.465 e. The van der Waals surface area contributed by atoms with Gasteiger partial charge in [0.05, 0.1) is 12.0 Å². The lowest BCUT2D eigenvalue weighted by molar-refractivity contribution is -0.0984. The number of thiocarbonyl (C=S) groups is 1. The number of hydrogen-bond acceptors (Lipinski definition) is 3. The minimum absolute atomic E-state index is 0.00904. The minimum Gasteiger partial charge on any atom is -0.465 e. The lowest BCUT2D eigenvalue weighted by Gasteiger charge is -2.36. The summed E-state index contributed by atoms with van der Waals surface area (Å²) in [5, 5.41) is 11.9. The number of aliphatic hydroxyl groups is 1. The van der Waals surface area contributed by atoms with E-state index in [1.165, 1.54) is 0 Å². The number of hydrogen-bond donors (Lipinski definition) is 2. The van der Waals surface area contributed by atoms with Gasteiger partial charge in [0, 0.05) is 0 Å². The minimum atomic E-state index is -2.75. The molecule has 1 saturated carbocycles. The molecule has 1 aliphatic heterocycles. The number of halogens is 3. The maximum Gasteiger partial charge on any atom is 0.257 e. The highest BCUT2D eigenvalue weighted by atomic mass is 32.1. The van der Waals surface area contributed by atoms with E-state index >= 15 is 0 Å². The van der Waals surface area contributed by atoms with E-state index in [0.29, 0.717) is 0 Å². The molecule has 2 N–H and O–H groups in total. The quantitative estimate of drug-likeness (QED) is 0.660. The molecule has 0 radical (unpaired) electrons. The zero-order valence-electron chi connectivity index (χ0n) is 7.57. The third kappa shape index (κ3) is 1.78. The van der Waals surface area contributed by atoms with Gasteiger partial charge in [-0.05, 0) is 18.6 Å². The SMILES string of the molecule is O[C@H]1[C@@H](F)[C@H]2NC(=S)O[C@H]2C[C@@H]1C(F)F. The van der Waals surface area contributed by atoms with E-state index in [9.17, 15) is 18.3 Å². The highest BCUT2D eigenvalue weighted by Crippen LogP contribution is 2.35. The third-order valence-electron chi connectivity index (χ3n) is 2.88. The fraction of sp³-hybridized carbons (Fsp3) is 0.875. The van der Waals surface area contributed by atoms with Crippen molar-refractivity contribution in [1.82, 2.24) is 5.32 Å². The van der Waals surface area contributed by atoms with E-state index in [0.717, 1.165) is 0 Å². The zero-order chi connectivity index (χ0) is 11.2. The van der Waals surface area contributed by atoms with Crippen LogP contribution in [0.1, 0.15) is 6.42 Å². The van der Waals surface area contributed by atoms with Crippen molar-refractivity contribution in [2.75, 3.05) is 0 Å². The van der Waals surface area contributed by atoms with Crippen LogP contribution in [0.4, 0.5) is 13.2 Å². The first-order valence-corrected chi connectivity index (χ1v) is 4.99. The molecule has 0 bridgehead atoms. The van der Waals surface area contributed by atoms with E-state index in [4.69, 9.17) is 4.74 Å². The topological polar surface area (TPSA) is 41.5 Å². The van der Waals surface area contributed by atoms with Gasteiger partial charge in [0.2, 0.25) is 6.43 Å². The molecule has 2 fully saturated rings. The Labute approximate surface area is 89.6 Å². The molecule has 5 atom stereocenters. The van der Waals surface area contributed by atoms with Crippen molar-refractivity contribution in [2.24, 2.45) is 5.92 Å². The van der Waals surface area contributed by atoms with Gasteiger partial charge in [0.1, 0.15) is 12.1 Å². The fourth-order valence-corrected chi connectivity index (χ4v) is 2.32. The van der Waals surface area contributed by atoms with Gasteiger partial charge in [-0.15, -0.1) is 0 Å². The lowest BCUT2D eigenvalue weighted by atomic mass is 9.81. The van der Waals surface area contributed by atoms with Gasteiger partial charge in [-0.1, -0.05) is 0 Å². The van der Waals surface area contributed by atoms with Gasteiger partial charge in [-0.2, -0.15) is 0 Å². The molecule has 2 aliphatic rings. The van der Waals surface area contributed by atoms with Gasteiger partial charge in [-0.25, -0.2) is 13.2 Å². The maximum absolute atomic E-state index is 13.5. The van der Waals surface area contributed by atoms with Crippen LogP contribution in [-0.4, -0.2) is 41.1 Å². The molecule has 0 aromatic rings. The van der Waals surface area contributed by atoms with Crippen molar-refractivity contribution in [2.45, 2.75) is 37.3 Å². The second kappa shape index (κ2) is 3.79. The van der Waals surface area contributed by atoms with Crippen molar-refractivity contribution >= 4 is 17.4 Å². The van der Waals surface area contributed by atoms with Crippen LogP contribution in [-0.2, 0) is 4.74 Å². The lowest BCUT2D eigenvalue weighted by Crippen LogP contribution is -2.55. The van der Waals surface area contributed by atoms with Crippen LogP contribution >= 0.6 is 12.2 Å². The van der Waals surface area contributed by atoms with Crippen LogP contribution in [0, 0.1) is 5.92 Å². The molecule has 0 amide bonds. The Morgan fingerprint density at radius 3 is 2.80 bits per heavy atom. The molecule has 1 heterocycles. The number of alkyl halides is 3. The summed E-state index contributed by atoms with van der Waals surface area (Å²) in [4.78, 5) is 0. The van der Waals surface area contributed by atoms with E-state index in [-0.39, 0.29) is 11.6 Å². The molecule has 0 unspecified atom stereocenters. The van der Waals surface area contributed by atoms with Crippen LogP contribution in [0.25, 0.3) is 0 Å². The van der Waals surface area contributed by atoms with Gasteiger partial charge in [0.15, 0.2) is 6.17 Å². The van der Waals surface area contributed by atoms with Crippen molar-refractivity contribution in [1.29, 1.82) is 0 Å². The molecule has 0 aromatic carbocycles. The standard InChI is InChI=1S/C8H10F3NO2S/c9-4-5-3(14-8(15)12-5)1-2(6(4)13)7(10)11/h2-7,13H,1H2,(H,12,15)/t2-,3-,4-,5-,6+/m0/s1. The van der Waals surface area contributed by atoms with Crippen molar-refractivity contribution in [3.63, 3.8) is 0 Å². The highest BCUT2D eigenvalue weighted by Gasteiger charge is 2.51. The first-order chi connectivity index (χ1) is 7.00. The normalized spacial score (nSPS) is 44.9. The van der Waals surface area contributed by atoms with Crippen molar-refractivity contribution < 1.29 is 23.0 Å². The number of fused-ring (bicyclic) bond motifs is 1. The smallest absolute Gasteiger partial charge is 0.257 e. The predicted molar refractivity (Wildman–Crippen MR) is 49.4 cm³/mol. The van der Waals surface area contributed by atoms with Gasteiger partial charge >= 0.3 is 0 Å². The van der Waals surface area contributed by atoms with Gasteiger partial charge in [-0.3, -0.25) is 0 Å². The predicted octanol–water partition coefficient (Wildman–Crippen LogP) is 0.612. The molecule has 7 heteroatoms. The van der Waals surface area contributed by atoms with Crippen LogP contribution < -0.4 is 5.32 Å². The Bertz CT molecular complexity index is 279. The average molecular weight is 241 g/mol. The molecule has 0 aromatic heterocycles. The second-order valence-electron chi connectivity index (χ2n) is 3.78. The summed E-state index contributed by atoms with van der Waals surface area (Å²) in [6, 6.07) is -0.803. The molecule has 0 spiro atoms. The average Bonchev–Trinajstić information content (AvgIpc) is 2.52. The van der Waals surface area contributed by atoms with Crippen LogP contribution in [0.5, 0.6) is 0 Å². The number of nitrogens with one attached hydrogen (secondary N) is 1. The Morgan fingerprint density at radius 2 is 2.20 bits per heavy atom. The molecule has 3 nitrogen and oxygen atoms in total. The third-order valence-corrected chi connectivity index (χ3v) is 3.09. The highest BCUT2D eigenvalue weighted by molar-refractivity contribution is 7.80. The molecular formula is C8H10F3NO2S. The van der Waals surface area contributed by atoms with E-state index in [2.05, 4.69) is 17.5 Å². The van der Waals surface area contributed by atoms with E-state index in [1.54, 1.807) is 0 Å². The zero-order valence-corrected chi connectivity index (χ0v) is 8.39. The Balaban J connectivity index is 2.15. The molecule has 86 valence electrons. The summed E-state index contributed by atoms with van der Waals surface area (Å²) >= 11 is 4.66. The molecule has 2 rings (SSSR count). The summed E-state index contributed by atoms with van der Waals surface area (Å²) in [6.45, 7) is 0. The second-order valence-corrected chi connectivity index (χ2v) is 4.15. The summed E-state index contributed by atoms with van der Waals surface area (Å²) in [5.41, 5.74) is 0. The van der Waals surface area contributed by atoms with Gasteiger partial charge in [0.25, 0.3) is 5.17 Å². The molecular weight excluding hydrogens is 231 g/mol. The van der Waals surface area contributed by atoms with Gasteiger partial charge < -0.3 is 15.2 Å². The van der Waals surface area contributed by atoms with E-state index < -0.39 is 36.8 Å². The first-order valence-electron chi connectivity index (χ1n) is 4.58. The number of ether oxygens (including phenoxy) is 1. The Morgan fingerprint density at radius 1 is 1.53 bits per heavy atom. The number of aliphatic hydroxyl groups excluding tert-OH is 1. The monoisotopic (exact) mass is 241 g/mol. The number of rotatable bonds is 1. The Kier molecular flexibility index (Phi) is 2.76. The molecule has 1 aliphatic carbocycles. The summed E-state index contributed by atoms with van der Waals surface area (Å²) in [6.07, 6.45) is -6.98. The molecule has 15 heavy (non-hydrogen) atoms. The fourth-order valence-electron chi connectivity index (χ4n) is 2.06. The van der Waals surface area contributed by atoms with Crippen LogP contribution in [0.3, 0.4) is 0 Å². The van der Waals surface area contributed by atoms with Crippen LogP contribution in [0.2, 0.25) is 0 Å². The van der Waals surface area contributed by atoms with Crippen molar-refractivity contribution in [3.8, 4) is 0 Å². The first kappa shape index (κ1) is 10.9. The Hall–Kier alpha value is -0.560. The van der Waals surface area contributed by atoms with Crippen molar-refractivity contribution in [3.05, 3.63) is 0 Å². The summed E-state index contributed by atoms with van der Waals surface area (Å²) in [7, 11) is 0. The van der Waals surface area contributed by atoms with E-state index in [1.807, 2.05) is 0 Å². The summed E-state index contributed by atoms with van der Waals surface area (Å²) < 4.78 is 43.5. The summed E-state index contributed by atoms with van der Waals surface area (Å²) in [5.74, 6) is -1.39. The molecule has 1 saturated heterocycles.